The Balaban J connectivity index is 3.02. The first-order chi connectivity index (χ1) is 6.94. The van der Waals surface area contributed by atoms with E-state index in [1.165, 1.54) is 12.0 Å². The molecule has 1 amide bonds. The number of carbonyl (C=O) groups excluding carboxylic acids is 1. The number of nitrogens with zero attached hydrogens (tertiary/aromatic N) is 1. The van der Waals surface area contributed by atoms with Crippen LogP contribution < -0.4 is 0 Å². The Bertz CT molecular complexity index is 279. The first kappa shape index (κ1) is 11.8. The number of aliphatic carboxylic acids is 1. The van der Waals surface area contributed by atoms with Crippen molar-refractivity contribution in [2.45, 2.75) is 32.2 Å². The number of amides is 1. The summed E-state index contributed by atoms with van der Waals surface area (Å²) in [6.07, 6.45) is 1.07. The van der Waals surface area contributed by atoms with E-state index < -0.39 is 17.6 Å². The molecule has 0 bridgehead atoms. The summed E-state index contributed by atoms with van der Waals surface area (Å²) in [6.45, 7) is 3.87. The molecule has 0 aromatic heterocycles. The molecule has 1 aliphatic rings. The molecule has 0 saturated carbocycles. The van der Waals surface area contributed by atoms with Gasteiger partial charge in [-0.25, -0.2) is 9.59 Å². The molecule has 0 aromatic rings. The number of methoxy groups -OCH3 is 1. The quantitative estimate of drug-likeness (QED) is 0.716. The monoisotopic (exact) mass is 215 g/mol. The molecule has 1 heterocycles. The van der Waals surface area contributed by atoms with Gasteiger partial charge in [-0.1, -0.05) is 6.92 Å². The minimum atomic E-state index is -1.15. The van der Waals surface area contributed by atoms with Crippen LogP contribution in [0, 0.1) is 5.92 Å². The molecule has 0 aliphatic carbocycles. The summed E-state index contributed by atoms with van der Waals surface area (Å²) in [6, 6.07) is 0. The lowest BCUT2D eigenvalue weighted by Gasteiger charge is -2.44. The van der Waals surface area contributed by atoms with Crippen molar-refractivity contribution in [3.63, 3.8) is 0 Å². The lowest BCUT2D eigenvalue weighted by molar-refractivity contribution is -0.155. The van der Waals surface area contributed by atoms with Crippen LogP contribution in [-0.2, 0) is 9.53 Å². The topological polar surface area (TPSA) is 66.8 Å². The van der Waals surface area contributed by atoms with Gasteiger partial charge in [0.2, 0.25) is 0 Å². The van der Waals surface area contributed by atoms with Crippen LogP contribution in [0.5, 0.6) is 0 Å². The fourth-order valence-corrected chi connectivity index (χ4v) is 2.05. The minimum absolute atomic E-state index is 0.0668. The van der Waals surface area contributed by atoms with E-state index in [1.54, 1.807) is 6.92 Å². The summed E-state index contributed by atoms with van der Waals surface area (Å²) in [4.78, 5) is 24.0. The smallest absolute Gasteiger partial charge is 0.410 e. The number of piperidine rings is 1. The molecular formula is C10H17NO4. The van der Waals surface area contributed by atoms with Crippen LogP contribution in [0.25, 0.3) is 0 Å². The van der Waals surface area contributed by atoms with Crippen molar-refractivity contribution in [3.8, 4) is 0 Å². The summed E-state index contributed by atoms with van der Waals surface area (Å²) < 4.78 is 4.61. The Morgan fingerprint density at radius 2 is 2.13 bits per heavy atom. The number of rotatable bonds is 1. The molecule has 1 rings (SSSR count). The number of hydrogen-bond acceptors (Lipinski definition) is 3. The van der Waals surface area contributed by atoms with E-state index in [1.807, 2.05) is 6.92 Å². The van der Waals surface area contributed by atoms with Gasteiger partial charge in [-0.15, -0.1) is 0 Å². The number of carbonyl (C=O) groups is 2. The summed E-state index contributed by atoms with van der Waals surface area (Å²) in [5, 5.41) is 9.23. The third-order valence-electron chi connectivity index (χ3n) is 3.37. The zero-order valence-corrected chi connectivity index (χ0v) is 9.32. The Kier molecular flexibility index (Phi) is 3.21. The Morgan fingerprint density at radius 3 is 2.60 bits per heavy atom. The fraction of sp³-hybridized carbons (Fsp3) is 0.800. The van der Waals surface area contributed by atoms with Crippen LogP contribution >= 0.6 is 0 Å². The number of likely N-dealkylation sites (tertiary alicyclic amines) is 1. The third-order valence-corrected chi connectivity index (χ3v) is 3.37. The summed E-state index contributed by atoms with van der Waals surface area (Å²) >= 11 is 0. The SMILES string of the molecule is COC(=O)N1CCCC(C)C1(C)C(=O)O. The Labute approximate surface area is 89.0 Å². The van der Waals surface area contributed by atoms with Crippen LogP contribution in [0.15, 0.2) is 0 Å². The normalized spacial score (nSPS) is 31.1. The van der Waals surface area contributed by atoms with Gasteiger partial charge in [0.05, 0.1) is 7.11 Å². The number of carboxylic acids is 1. The third kappa shape index (κ3) is 1.78. The molecule has 5 heteroatoms. The van der Waals surface area contributed by atoms with E-state index in [2.05, 4.69) is 4.74 Å². The zero-order valence-electron chi connectivity index (χ0n) is 9.32. The maximum atomic E-state index is 11.5. The van der Waals surface area contributed by atoms with Gasteiger partial charge in [0, 0.05) is 6.54 Å². The van der Waals surface area contributed by atoms with Crippen molar-refractivity contribution in [1.82, 2.24) is 4.90 Å². The lowest BCUT2D eigenvalue weighted by atomic mass is 9.79. The maximum absolute atomic E-state index is 11.5. The molecule has 2 atom stereocenters. The van der Waals surface area contributed by atoms with Gasteiger partial charge >= 0.3 is 12.1 Å². The molecule has 0 aromatic carbocycles. The van der Waals surface area contributed by atoms with Crippen LogP contribution in [0.3, 0.4) is 0 Å². The molecule has 0 radical (unpaired) electrons. The van der Waals surface area contributed by atoms with Crippen LogP contribution in [0.2, 0.25) is 0 Å². The molecule has 2 unspecified atom stereocenters. The van der Waals surface area contributed by atoms with Gasteiger partial charge in [0.15, 0.2) is 0 Å². The second-order valence-electron chi connectivity index (χ2n) is 4.12. The van der Waals surface area contributed by atoms with Crippen molar-refractivity contribution in [2.24, 2.45) is 5.92 Å². The van der Waals surface area contributed by atoms with Crippen molar-refractivity contribution in [1.29, 1.82) is 0 Å². The average Bonchev–Trinajstić information content (AvgIpc) is 2.20. The number of ether oxygens (including phenoxy) is 1. The van der Waals surface area contributed by atoms with Crippen molar-refractivity contribution < 1.29 is 19.4 Å². The summed E-state index contributed by atoms with van der Waals surface area (Å²) in [5.74, 6) is -1.04. The molecular weight excluding hydrogens is 198 g/mol. The van der Waals surface area contributed by atoms with E-state index in [0.717, 1.165) is 12.8 Å². The maximum Gasteiger partial charge on any atom is 0.410 e. The standard InChI is InChI=1S/C10H17NO4/c1-7-5-4-6-11(9(14)15-3)10(7,2)8(12)13/h7H,4-6H2,1-3H3,(H,12,13). The molecule has 1 saturated heterocycles. The van der Waals surface area contributed by atoms with Gasteiger partial charge in [-0.2, -0.15) is 0 Å². The van der Waals surface area contributed by atoms with E-state index in [9.17, 15) is 14.7 Å². The number of carboxylic acid groups (broad SMARTS) is 1. The van der Waals surface area contributed by atoms with Gasteiger partial charge in [0.25, 0.3) is 0 Å². The Hall–Kier alpha value is -1.26. The summed E-state index contributed by atoms with van der Waals surface area (Å²) in [5.41, 5.74) is -1.15. The highest BCUT2D eigenvalue weighted by Gasteiger charge is 2.49. The highest BCUT2D eigenvalue weighted by molar-refractivity contribution is 5.84. The lowest BCUT2D eigenvalue weighted by Crippen LogP contribution is -2.61. The van der Waals surface area contributed by atoms with Crippen LogP contribution in [0.1, 0.15) is 26.7 Å². The first-order valence-electron chi connectivity index (χ1n) is 5.03. The highest BCUT2D eigenvalue weighted by Crippen LogP contribution is 2.33. The van der Waals surface area contributed by atoms with Crippen LogP contribution in [-0.4, -0.2) is 41.3 Å². The second kappa shape index (κ2) is 4.08. The molecule has 1 fully saturated rings. The van der Waals surface area contributed by atoms with E-state index in [0.29, 0.717) is 6.54 Å². The van der Waals surface area contributed by atoms with E-state index in [-0.39, 0.29) is 5.92 Å². The molecule has 5 nitrogen and oxygen atoms in total. The minimum Gasteiger partial charge on any atom is -0.479 e. The Morgan fingerprint density at radius 1 is 1.53 bits per heavy atom. The molecule has 15 heavy (non-hydrogen) atoms. The van der Waals surface area contributed by atoms with Gasteiger partial charge < -0.3 is 9.84 Å². The van der Waals surface area contributed by atoms with Crippen molar-refractivity contribution in [3.05, 3.63) is 0 Å². The first-order valence-corrected chi connectivity index (χ1v) is 5.03. The van der Waals surface area contributed by atoms with E-state index >= 15 is 0 Å². The molecule has 1 aliphatic heterocycles. The van der Waals surface area contributed by atoms with Crippen molar-refractivity contribution in [2.75, 3.05) is 13.7 Å². The van der Waals surface area contributed by atoms with E-state index in [4.69, 9.17) is 0 Å². The van der Waals surface area contributed by atoms with Crippen molar-refractivity contribution >= 4 is 12.1 Å². The van der Waals surface area contributed by atoms with Gasteiger partial charge in [-0.3, -0.25) is 4.90 Å². The molecule has 1 N–H and O–H groups in total. The molecule has 86 valence electrons. The van der Waals surface area contributed by atoms with Gasteiger partial charge in [-0.05, 0) is 25.7 Å². The fourth-order valence-electron chi connectivity index (χ4n) is 2.05. The highest BCUT2D eigenvalue weighted by atomic mass is 16.5. The van der Waals surface area contributed by atoms with Crippen LogP contribution in [0.4, 0.5) is 4.79 Å². The van der Waals surface area contributed by atoms with Gasteiger partial charge in [0.1, 0.15) is 5.54 Å². The molecule has 0 spiro atoms. The zero-order chi connectivity index (χ0) is 11.6. The number of hydrogen-bond donors (Lipinski definition) is 1. The average molecular weight is 215 g/mol. The summed E-state index contributed by atoms with van der Waals surface area (Å²) in [7, 11) is 1.27. The second-order valence-corrected chi connectivity index (χ2v) is 4.12. The predicted molar refractivity (Wildman–Crippen MR) is 53.5 cm³/mol. The predicted octanol–water partition coefficient (Wildman–Crippen LogP) is 1.33. The largest absolute Gasteiger partial charge is 0.479 e.